The van der Waals surface area contributed by atoms with Gasteiger partial charge in [-0.25, -0.2) is 4.79 Å². The summed E-state index contributed by atoms with van der Waals surface area (Å²) >= 11 is 0. The van der Waals surface area contributed by atoms with E-state index in [1.807, 2.05) is 54.6 Å². The number of carbonyl (C=O) groups is 2. The molecule has 1 heterocycles. The summed E-state index contributed by atoms with van der Waals surface area (Å²) in [6.07, 6.45) is 0. The zero-order valence-corrected chi connectivity index (χ0v) is 16.8. The molecule has 2 N–H and O–H groups in total. The van der Waals surface area contributed by atoms with E-state index in [1.165, 1.54) is 0 Å². The van der Waals surface area contributed by atoms with Crippen LogP contribution in [0.1, 0.15) is 11.1 Å². The van der Waals surface area contributed by atoms with Crippen LogP contribution in [-0.4, -0.2) is 61.6 Å². The Kier molecular flexibility index (Phi) is 7.61. The molecule has 0 atom stereocenters. The van der Waals surface area contributed by atoms with Crippen LogP contribution in [0.25, 0.3) is 0 Å². The molecule has 154 valence electrons. The summed E-state index contributed by atoms with van der Waals surface area (Å²) in [6.45, 7) is 3.88. The second-order valence-electron chi connectivity index (χ2n) is 7.04. The van der Waals surface area contributed by atoms with E-state index in [0.717, 1.165) is 16.8 Å². The molecule has 3 rings (SSSR count). The highest BCUT2D eigenvalue weighted by atomic mass is 16.5. The number of benzene rings is 2. The van der Waals surface area contributed by atoms with E-state index in [2.05, 4.69) is 15.5 Å². The molecule has 0 bridgehead atoms. The predicted molar refractivity (Wildman–Crippen MR) is 112 cm³/mol. The molecule has 7 nitrogen and oxygen atoms in total. The lowest BCUT2D eigenvalue weighted by atomic mass is 10.1. The van der Waals surface area contributed by atoms with E-state index < -0.39 is 0 Å². The summed E-state index contributed by atoms with van der Waals surface area (Å²) in [4.78, 5) is 28.5. The minimum absolute atomic E-state index is 0.0381. The van der Waals surface area contributed by atoms with Crippen molar-refractivity contribution in [3.63, 3.8) is 0 Å². The SMILES string of the molecule is COCc1ccccc1CNC(=O)N1CCN(CC(=O)Nc2ccccc2)CC1. The number of nitrogens with one attached hydrogen (secondary N) is 2. The van der Waals surface area contributed by atoms with Crippen molar-refractivity contribution in [2.75, 3.05) is 45.2 Å². The highest BCUT2D eigenvalue weighted by molar-refractivity contribution is 5.92. The number of para-hydroxylation sites is 1. The Bertz CT molecular complexity index is 805. The number of hydrogen-bond acceptors (Lipinski definition) is 4. The van der Waals surface area contributed by atoms with Crippen LogP contribution >= 0.6 is 0 Å². The number of ether oxygens (including phenoxy) is 1. The molecule has 2 aromatic carbocycles. The van der Waals surface area contributed by atoms with Gasteiger partial charge in [-0.2, -0.15) is 0 Å². The van der Waals surface area contributed by atoms with Gasteiger partial charge in [0.25, 0.3) is 0 Å². The monoisotopic (exact) mass is 396 g/mol. The van der Waals surface area contributed by atoms with Crippen LogP contribution in [0.15, 0.2) is 54.6 Å². The van der Waals surface area contributed by atoms with E-state index in [0.29, 0.717) is 45.9 Å². The van der Waals surface area contributed by atoms with Gasteiger partial charge in [0.15, 0.2) is 0 Å². The molecule has 3 amide bonds. The number of urea groups is 1. The maximum Gasteiger partial charge on any atom is 0.317 e. The maximum atomic E-state index is 12.5. The van der Waals surface area contributed by atoms with E-state index in [9.17, 15) is 9.59 Å². The maximum absolute atomic E-state index is 12.5. The van der Waals surface area contributed by atoms with Gasteiger partial charge in [-0.15, -0.1) is 0 Å². The van der Waals surface area contributed by atoms with Crippen molar-refractivity contribution in [3.05, 3.63) is 65.7 Å². The summed E-state index contributed by atoms with van der Waals surface area (Å²) in [5.74, 6) is -0.0381. The molecule has 7 heteroatoms. The van der Waals surface area contributed by atoms with Gasteiger partial charge in [0.1, 0.15) is 0 Å². The molecule has 29 heavy (non-hydrogen) atoms. The van der Waals surface area contributed by atoms with Crippen molar-refractivity contribution in [1.82, 2.24) is 15.1 Å². The summed E-state index contributed by atoms with van der Waals surface area (Å²) < 4.78 is 5.21. The molecular weight excluding hydrogens is 368 g/mol. The Morgan fingerprint density at radius 3 is 2.28 bits per heavy atom. The Labute approximate surface area is 171 Å². The fourth-order valence-corrected chi connectivity index (χ4v) is 3.34. The minimum Gasteiger partial charge on any atom is -0.380 e. The molecule has 1 fully saturated rings. The zero-order valence-electron chi connectivity index (χ0n) is 16.8. The number of carbonyl (C=O) groups excluding carboxylic acids is 2. The number of nitrogens with zero attached hydrogens (tertiary/aromatic N) is 2. The van der Waals surface area contributed by atoms with Crippen LogP contribution in [0, 0.1) is 0 Å². The summed E-state index contributed by atoms with van der Waals surface area (Å²) in [5.41, 5.74) is 2.92. The highest BCUT2D eigenvalue weighted by Gasteiger charge is 2.22. The smallest absolute Gasteiger partial charge is 0.317 e. The minimum atomic E-state index is -0.0781. The average molecular weight is 396 g/mol. The van der Waals surface area contributed by atoms with Gasteiger partial charge in [0.05, 0.1) is 13.2 Å². The second-order valence-corrected chi connectivity index (χ2v) is 7.04. The topological polar surface area (TPSA) is 73.9 Å². The number of rotatable bonds is 7. The summed E-state index contributed by atoms with van der Waals surface area (Å²) in [7, 11) is 1.66. The molecule has 1 aliphatic rings. The van der Waals surface area contributed by atoms with E-state index in [-0.39, 0.29) is 11.9 Å². The summed E-state index contributed by atoms with van der Waals surface area (Å²) in [6, 6.07) is 17.3. The fourth-order valence-electron chi connectivity index (χ4n) is 3.34. The van der Waals surface area contributed by atoms with Gasteiger partial charge in [-0.3, -0.25) is 9.69 Å². The molecular formula is C22H28N4O3. The first-order valence-corrected chi connectivity index (χ1v) is 9.81. The van der Waals surface area contributed by atoms with Crippen LogP contribution in [0.4, 0.5) is 10.5 Å². The van der Waals surface area contributed by atoms with Crippen molar-refractivity contribution < 1.29 is 14.3 Å². The van der Waals surface area contributed by atoms with E-state index in [1.54, 1.807) is 12.0 Å². The third kappa shape index (κ3) is 6.30. The van der Waals surface area contributed by atoms with E-state index >= 15 is 0 Å². The molecule has 0 unspecified atom stereocenters. The standard InChI is InChI=1S/C22H28N4O3/c1-29-17-19-8-6-5-7-18(19)15-23-22(28)26-13-11-25(12-14-26)16-21(27)24-20-9-3-2-4-10-20/h2-10H,11-17H2,1H3,(H,23,28)(H,24,27). The van der Waals surface area contributed by atoms with Crippen LogP contribution in [-0.2, 0) is 22.7 Å². The normalized spacial score (nSPS) is 14.4. The molecule has 2 aromatic rings. The zero-order chi connectivity index (χ0) is 20.5. The molecule has 1 saturated heterocycles. The number of amides is 3. The first-order chi connectivity index (χ1) is 14.2. The number of methoxy groups -OCH3 is 1. The Hall–Kier alpha value is -2.90. The van der Waals surface area contributed by atoms with Gasteiger partial charge in [-0.05, 0) is 23.3 Å². The second kappa shape index (κ2) is 10.6. The van der Waals surface area contributed by atoms with Gasteiger partial charge in [0.2, 0.25) is 5.91 Å². The van der Waals surface area contributed by atoms with Crippen molar-refractivity contribution in [3.8, 4) is 0 Å². The third-order valence-electron chi connectivity index (χ3n) is 4.93. The first kappa shape index (κ1) is 20.8. The molecule has 0 aliphatic carbocycles. The van der Waals surface area contributed by atoms with Gasteiger partial charge in [-0.1, -0.05) is 42.5 Å². The highest BCUT2D eigenvalue weighted by Crippen LogP contribution is 2.10. The molecule has 0 radical (unpaired) electrons. The lowest BCUT2D eigenvalue weighted by Crippen LogP contribution is -2.52. The molecule has 0 spiro atoms. The van der Waals surface area contributed by atoms with Gasteiger partial charge >= 0.3 is 6.03 Å². The summed E-state index contributed by atoms with van der Waals surface area (Å²) in [5, 5.41) is 5.88. The number of hydrogen-bond donors (Lipinski definition) is 2. The van der Waals surface area contributed by atoms with Crippen LogP contribution in [0.5, 0.6) is 0 Å². The van der Waals surface area contributed by atoms with Gasteiger partial charge < -0.3 is 20.3 Å². The van der Waals surface area contributed by atoms with Crippen molar-refractivity contribution in [1.29, 1.82) is 0 Å². The van der Waals surface area contributed by atoms with Crippen LogP contribution in [0.2, 0.25) is 0 Å². The van der Waals surface area contributed by atoms with Crippen molar-refractivity contribution in [2.24, 2.45) is 0 Å². The Balaban J connectivity index is 1.41. The quantitative estimate of drug-likeness (QED) is 0.753. The first-order valence-electron chi connectivity index (χ1n) is 9.81. The third-order valence-corrected chi connectivity index (χ3v) is 4.93. The predicted octanol–water partition coefficient (Wildman–Crippen LogP) is 2.30. The van der Waals surface area contributed by atoms with Crippen molar-refractivity contribution >= 4 is 17.6 Å². The van der Waals surface area contributed by atoms with Crippen LogP contribution in [0.3, 0.4) is 0 Å². The largest absolute Gasteiger partial charge is 0.380 e. The van der Waals surface area contributed by atoms with Crippen LogP contribution < -0.4 is 10.6 Å². The Morgan fingerprint density at radius 1 is 0.931 bits per heavy atom. The average Bonchev–Trinajstić information content (AvgIpc) is 2.74. The number of piperazine rings is 1. The molecule has 1 aliphatic heterocycles. The van der Waals surface area contributed by atoms with E-state index in [4.69, 9.17) is 4.74 Å². The fraction of sp³-hybridized carbons (Fsp3) is 0.364. The Morgan fingerprint density at radius 2 is 1.59 bits per heavy atom. The van der Waals surface area contributed by atoms with Gasteiger partial charge in [0, 0.05) is 45.5 Å². The number of anilines is 1. The lowest BCUT2D eigenvalue weighted by molar-refractivity contribution is -0.117. The molecule has 0 saturated carbocycles. The van der Waals surface area contributed by atoms with Crippen molar-refractivity contribution in [2.45, 2.75) is 13.2 Å². The molecule has 0 aromatic heterocycles. The lowest BCUT2D eigenvalue weighted by Gasteiger charge is -2.34.